The van der Waals surface area contributed by atoms with Crippen molar-refractivity contribution in [3.63, 3.8) is 0 Å². The Balaban J connectivity index is 2.03. The number of phosphoric acid groups is 1. The summed E-state index contributed by atoms with van der Waals surface area (Å²) in [6, 6.07) is 0. The molecule has 1 aliphatic heterocycles. The van der Waals surface area contributed by atoms with Crippen molar-refractivity contribution in [1.82, 2.24) is 0 Å². The first kappa shape index (κ1) is 26.7. The zero-order valence-electron chi connectivity index (χ0n) is 18.6. The Bertz CT molecular complexity index is 773. The van der Waals surface area contributed by atoms with E-state index in [-0.39, 0.29) is 12.3 Å². The molecule has 0 spiro atoms. The SMILES string of the molecule is C[C@H]1C=CC(=O)O[C@@H]1/C=C/[C@](C)(O)[C@@H](C[C@H](O)/C=C\C=C\C1CCCCC1)OP(=O)(O)O. The molecule has 0 aromatic heterocycles. The van der Waals surface area contributed by atoms with Gasteiger partial charge in [0.2, 0.25) is 0 Å². The minimum Gasteiger partial charge on any atom is -0.454 e. The second-order valence-corrected chi connectivity index (χ2v) is 9.95. The van der Waals surface area contributed by atoms with Gasteiger partial charge in [-0.3, -0.25) is 4.52 Å². The predicted octanol–water partition coefficient (Wildman–Crippen LogP) is 3.33. The molecule has 2 aliphatic rings. The maximum absolute atomic E-state index is 11.5. The van der Waals surface area contributed by atoms with Crippen LogP contribution in [0.15, 0.2) is 48.6 Å². The molecule has 2 rings (SSSR count). The van der Waals surface area contributed by atoms with Gasteiger partial charge in [0.25, 0.3) is 0 Å². The largest absolute Gasteiger partial charge is 0.469 e. The number of hydrogen-bond acceptors (Lipinski definition) is 6. The molecule has 0 amide bonds. The van der Waals surface area contributed by atoms with Crippen LogP contribution in [-0.2, 0) is 18.6 Å². The van der Waals surface area contributed by atoms with Crippen LogP contribution in [0.3, 0.4) is 0 Å². The number of ether oxygens (including phenoxy) is 1. The smallest absolute Gasteiger partial charge is 0.454 e. The van der Waals surface area contributed by atoms with Gasteiger partial charge in [0, 0.05) is 18.4 Å². The van der Waals surface area contributed by atoms with Crippen molar-refractivity contribution in [2.75, 3.05) is 0 Å². The first-order valence-corrected chi connectivity index (χ1v) is 12.6. The van der Waals surface area contributed by atoms with Crippen LogP contribution in [0.5, 0.6) is 0 Å². The molecule has 1 aliphatic carbocycles. The average molecular weight is 470 g/mol. The number of hydrogen-bond donors (Lipinski definition) is 4. The highest BCUT2D eigenvalue weighted by molar-refractivity contribution is 7.46. The van der Waals surface area contributed by atoms with Crippen molar-refractivity contribution in [3.05, 3.63) is 48.6 Å². The van der Waals surface area contributed by atoms with Crippen molar-refractivity contribution in [2.45, 2.75) is 76.3 Å². The van der Waals surface area contributed by atoms with E-state index in [0.29, 0.717) is 5.92 Å². The number of aliphatic hydroxyl groups is 2. The zero-order chi connectivity index (χ0) is 23.8. The summed E-state index contributed by atoms with van der Waals surface area (Å²) in [5.41, 5.74) is -1.85. The van der Waals surface area contributed by atoms with E-state index in [2.05, 4.69) is 6.08 Å². The summed E-state index contributed by atoms with van der Waals surface area (Å²) in [5.74, 6) is -0.110. The number of phosphoric ester groups is 1. The predicted molar refractivity (Wildman–Crippen MR) is 120 cm³/mol. The number of cyclic esters (lactones) is 1. The lowest BCUT2D eigenvalue weighted by Gasteiger charge is -2.32. The molecule has 0 aromatic carbocycles. The first-order valence-electron chi connectivity index (χ1n) is 11.0. The third-order valence-electron chi connectivity index (χ3n) is 5.78. The van der Waals surface area contributed by atoms with Gasteiger partial charge in [-0.15, -0.1) is 0 Å². The molecule has 0 aromatic rings. The molecule has 5 atom stereocenters. The summed E-state index contributed by atoms with van der Waals surface area (Å²) < 4.78 is 21.4. The van der Waals surface area contributed by atoms with E-state index in [0.717, 1.165) is 12.8 Å². The van der Waals surface area contributed by atoms with E-state index < -0.39 is 37.7 Å². The summed E-state index contributed by atoms with van der Waals surface area (Å²) in [6.07, 6.45) is 15.5. The fraction of sp³-hybridized carbons (Fsp3) is 0.609. The molecule has 0 unspecified atom stereocenters. The highest BCUT2D eigenvalue weighted by Gasteiger charge is 2.37. The van der Waals surface area contributed by atoms with Crippen LogP contribution in [0.2, 0.25) is 0 Å². The number of allylic oxidation sites excluding steroid dienone is 3. The Labute approximate surface area is 189 Å². The highest BCUT2D eigenvalue weighted by atomic mass is 31.2. The average Bonchev–Trinajstić information content (AvgIpc) is 2.71. The molecular formula is C23H35O8P. The van der Waals surface area contributed by atoms with Crippen molar-refractivity contribution in [3.8, 4) is 0 Å². The number of rotatable bonds is 10. The lowest BCUT2D eigenvalue weighted by Crippen LogP contribution is -2.41. The Morgan fingerprint density at radius 1 is 1.25 bits per heavy atom. The van der Waals surface area contributed by atoms with E-state index in [4.69, 9.17) is 9.26 Å². The van der Waals surface area contributed by atoms with Gasteiger partial charge in [0.15, 0.2) is 0 Å². The van der Waals surface area contributed by atoms with Crippen molar-refractivity contribution in [2.24, 2.45) is 11.8 Å². The van der Waals surface area contributed by atoms with E-state index in [1.54, 1.807) is 12.2 Å². The second kappa shape index (κ2) is 12.1. The van der Waals surface area contributed by atoms with Crippen LogP contribution in [0.1, 0.15) is 52.4 Å². The fourth-order valence-corrected chi connectivity index (χ4v) is 4.46. The Kier molecular flexibility index (Phi) is 10.1. The van der Waals surface area contributed by atoms with Crippen LogP contribution >= 0.6 is 7.82 Å². The van der Waals surface area contributed by atoms with Crippen LogP contribution < -0.4 is 0 Å². The van der Waals surface area contributed by atoms with Crippen molar-refractivity contribution < 1.29 is 38.6 Å². The molecule has 1 saturated carbocycles. The Morgan fingerprint density at radius 2 is 1.94 bits per heavy atom. The van der Waals surface area contributed by atoms with Crippen LogP contribution in [0.25, 0.3) is 0 Å². The normalized spacial score (nSPS) is 27.1. The number of carbonyl (C=O) groups excluding carboxylic acids is 1. The standard InChI is InChI=1S/C23H35O8P/c1-17-12-13-22(25)30-20(17)14-15-23(2,26)21(31-32(27,28)29)16-19(24)11-7-6-10-18-8-4-3-5-9-18/h6-7,10-15,17-21,24,26H,3-5,8-9,16H2,1-2H3,(H2,27,28,29)/b10-6+,11-7-,15-14+/t17-,19+,20+,21+,23-/m0/s1. The third kappa shape index (κ3) is 9.53. The second-order valence-electron chi connectivity index (χ2n) is 8.76. The molecule has 0 bridgehead atoms. The van der Waals surface area contributed by atoms with Gasteiger partial charge < -0.3 is 24.7 Å². The molecule has 32 heavy (non-hydrogen) atoms. The van der Waals surface area contributed by atoms with Gasteiger partial charge in [-0.2, -0.15) is 0 Å². The molecule has 180 valence electrons. The summed E-state index contributed by atoms with van der Waals surface area (Å²) in [4.78, 5) is 30.0. The van der Waals surface area contributed by atoms with Crippen molar-refractivity contribution in [1.29, 1.82) is 0 Å². The molecule has 0 saturated heterocycles. The van der Waals surface area contributed by atoms with Crippen LogP contribution in [-0.4, -0.2) is 49.9 Å². The van der Waals surface area contributed by atoms with Crippen molar-refractivity contribution >= 4 is 13.8 Å². The molecule has 1 fully saturated rings. The third-order valence-corrected chi connectivity index (χ3v) is 6.31. The summed E-state index contributed by atoms with van der Waals surface area (Å²) in [6.45, 7) is 3.14. The molecule has 1 heterocycles. The van der Waals surface area contributed by atoms with Gasteiger partial charge >= 0.3 is 13.8 Å². The summed E-state index contributed by atoms with van der Waals surface area (Å²) in [5, 5.41) is 21.2. The molecule has 0 radical (unpaired) electrons. The topological polar surface area (TPSA) is 134 Å². The Morgan fingerprint density at radius 3 is 2.59 bits per heavy atom. The van der Waals surface area contributed by atoms with Gasteiger partial charge in [-0.1, -0.05) is 62.6 Å². The summed E-state index contributed by atoms with van der Waals surface area (Å²) in [7, 11) is -4.94. The highest BCUT2D eigenvalue weighted by Crippen LogP contribution is 2.41. The maximum atomic E-state index is 11.5. The lowest BCUT2D eigenvalue weighted by atomic mass is 9.89. The number of carbonyl (C=O) groups is 1. The first-order chi connectivity index (χ1) is 15.0. The summed E-state index contributed by atoms with van der Waals surface area (Å²) >= 11 is 0. The minimum atomic E-state index is -4.94. The Hall–Kier alpha value is -1.54. The van der Waals surface area contributed by atoms with Crippen LogP contribution in [0.4, 0.5) is 0 Å². The van der Waals surface area contributed by atoms with E-state index in [9.17, 15) is 29.4 Å². The van der Waals surface area contributed by atoms with E-state index >= 15 is 0 Å². The van der Waals surface area contributed by atoms with Gasteiger partial charge in [0.1, 0.15) is 17.8 Å². The monoisotopic (exact) mass is 470 g/mol. The maximum Gasteiger partial charge on any atom is 0.469 e. The molecule has 8 nitrogen and oxygen atoms in total. The number of esters is 1. The number of aliphatic hydroxyl groups excluding tert-OH is 1. The van der Waals surface area contributed by atoms with Gasteiger partial charge in [-0.05, 0) is 31.8 Å². The van der Waals surface area contributed by atoms with E-state index in [1.807, 2.05) is 13.0 Å². The molecule has 9 heteroatoms. The zero-order valence-corrected chi connectivity index (χ0v) is 19.5. The van der Waals surface area contributed by atoms with Gasteiger partial charge in [-0.25, -0.2) is 9.36 Å². The van der Waals surface area contributed by atoms with Gasteiger partial charge in [0.05, 0.1) is 6.10 Å². The lowest BCUT2D eigenvalue weighted by molar-refractivity contribution is -0.143. The molecular weight excluding hydrogens is 435 g/mol. The minimum absolute atomic E-state index is 0.134. The fourth-order valence-electron chi connectivity index (χ4n) is 3.82. The van der Waals surface area contributed by atoms with Crippen LogP contribution in [0, 0.1) is 11.8 Å². The molecule has 4 N–H and O–H groups in total. The quantitative estimate of drug-likeness (QED) is 0.165. The van der Waals surface area contributed by atoms with E-state index in [1.165, 1.54) is 50.5 Å².